The van der Waals surface area contributed by atoms with Crippen molar-refractivity contribution in [1.82, 2.24) is 20.0 Å². The number of amides is 1. The first-order valence-electron chi connectivity index (χ1n) is 3.90. The van der Waals surface area contributed by atoms with Gasteiger partial charge in [-0.05, 0) is 12.1 Å². The number of nitrogens with two attached hydrogens (primary N) is 1. The molecule has 0 aliphatic carbocycles. The van der Waals surface area contributed by atoms with Crippen LogP contribution in [0.2, 0.25) is 0 Å². The maximum Gasteiger partial charge on any atom is 0.270 e. The van der Waals surface area contributed by atoms with Crippen molar-refractivity contribution in [2.24, 2.45) is 5.73 Å². The topological polar surface area (TPSA) is 86.7 Å². The minimum atomic E-state index is -0.592. The first-order valence-corrected chi connectivity index (χ1v) is 3.90. The standard InChI is InChI=1S/C8H7N5O/c9-8(14)7-5-13(12-11-7)6-1-3-10-4-2-6/h1-5H,(H2,9,14). The fraction of sp³-hybridized carbons (Fsp3) is 0. The van der Waals surface area contributed by atoms with E-state index in [1.807, 2.05) is 0 Å². The van der Waals surface area contributed by atoms with E-state index >= 15 is 0 Å². The number of primary amides is 1. The summed E-state index contributed by atoms with van der Waals surface area (Å²) in [6.07, 6.45) is 4.72. The lowest BCUT2D eigenvalue weighted by Crippen LogP contribution is -2.11. The Morgan fingerprint density at radius 3 is 2.64 bits per heavy atom. The summed E-state index contributed by atoms with van der Waals surface area (Å²) in [7, 11) is 0. The van der Waals surface area contributed by atoms with Gasteiger partial charge in [0.2, 0.25) is 0 Å². The van der Waals surface area contributed by atoms with Crippen molar-refractivity contribution in [2.45, 2.75) is 0 Å². The van der Waals surface area contributed by atoms with Crippen molar-refractivity contribution in [2.75, 3.05) is 0 Å². The normalized spacial score (nSPS) is 10.0. The minimum absolute atomic E-state index is 0.141. The summed E-state index contributed by atoms with van der Waals surface area (Å²) in [5, 5.41) is 7.36. The van der Waals surface area contributed by atoms with E-state index in [0.29, 0.717) is 0 Å². The molecule has 2 N–H and O–H groups in total. The molecule has 70 valence electrons. The molecule has 2 rings (SSSR count). The summed E-state index contributed by atoms with van der Waals surface area (Å²) in [6, 6.07) is 3.50. The molecular weight excluding hydrogens is 182 g/mol. The third kappa shape index (κ3) is 1.45. The Morgan fingerprint density at radius 2 is 2.07 bits per heavy atom. The van der Waals surface area contributed by atoms with Gasteiger partial charge in [-0.2, -0.15) is 0 Å². The zero-order valence-corrected chi connectivity index (χ0v) is 7.16. The average molecular weight is 189 g/mol. The van der Waals surface area contributed by atoms with Crippen LogP contribution in [-0.2, 0) is 0 Å². The molecule has 0 atom stereocenters. The van der Waals surface area contributed by atoms with Crippen LogP contribution in [0.25, 0.3) is 5.69 Å². The predicted octanol–water partition coefficient (Wildman–Crippen LogP) is -0.239. The Kier molecular flexibility index (Phi) is 1.94. The smallest absolute Gasteiger partial charge is 0.270 e. The van der Waals surface area contributed by atoms with Gasteiger partial charge < -0.3 is 5.73 Å². The van der Waals surface area contributed by atoms with Crippen molar-refractivity contribution >= 4 is 5.91 Å². The summed E-state index contributed by atoms with van der Waals surface area (Å²) in [5.74, 6) is -0.592. The van der Waals surface area contributed by atoms with Gasteiger partial charge in [0.25, 0.3) is 5.91 Å². The molecule has 2 heterocycles. The molecule has 0 saturated heterocycles. The molecule has 0 saturated carbocycles. The largest absolute Gasteiger partial charge is 0.364 e. The maximum atomic E-state index is 10.7. The lowest BCUT2D eigenvalue weighted by atomic mass is 10.4. The molecule has 2 aromatic rings. The van der Waals surface area contributed by atoms with Crippen LogP contribution in [0.3, 0.4) is 0 Å². The molecule has 1 amide bonds. The molecule has 0 bridgehead atoms. The third-order valence-electron chi connectivity index (χ3n) is 1.67. The highest BCUT2D eigenvalue weighted by Crippen LogP contribution is 2.03. The van der Waals surface area contributed by atoms with Gasteiger partial charge in [0.1, 0.15) is 0 Å². The number of pyridine rings is 1. The Morgan fingerprint density at radius 1 is 1.36 bits per heavy atom. The van der Waals surface area contributed by atoms with Crippen molar-refractivity contribution < 1.29 is 4.79 Å². The van der Waals surface area contributed by atoms with Crippen LogP contribution in [0.15, 0.2) is 30.7 Å². The SMILES string of the molecule is NC(=O)c1cn(-c2ccncc2)nn1. The zero-order valence-electron chi connectivity index (χ0n) is 7.16. The van der Waals surface area contributed by atoms with Crippen LogP contribution < -0.4 is 5.73 Å². The van der Waals surface area contributed by atoms with E-state index in [1.165, 1.54) is 10.9 Å². The quantitative estimate of drug-likeness (QED) is 0.706. The van der Waals surface area contributed by atoms with Crippen molar-refractivity contribution in [3.05, 3.63) is 36.4 Å². The van der Waals surface area contributed by atoms with Crippen LogP contribution in [0.5, 0.6) is 0 Å². The summed E-state index contributed by atoms with van der Waals surface area (Å²) in [4.78, 5) is 14.6. The first-order chi connectivity index (χ1) is 6.77. The second kappa shape index (κ2) is 3.25. The second-order valence-electron chi connectivity index (χ2n) is 2.62. The van der Waals surface area contributed by atoms with Gasteiger partial charge >= 0.3 is 0 Å². The van der Waals surface area contributed by atoms with Gasteiger partial charge in [-0.3, -0.25) is 9.78 Å². The van der Waals surface area contributed by atoms with Gasteiger partial charge in [-0.25, -0.2) is 4.68 Å². The third-order valence-corrected chi connectivity index (χ3v) is 1.67. The molecule has 6 nitrogen and oxygen atoms in total. The van der Waals surface area contributed by atoms with E-state index in [-0.39, 0.29) is 5.69 Å². The molecule has 14 heavy (non-hydrogen) atoms. The van der Waals surface area contributed by atoms with Gasteiger partial charge in [-0.1, -0.05) is 5.21 Å². The first kappa shape index (κ1) is 8.36. The number of nitrogens with zero attached hydrogens (tertiary/aromatic N) is 4. The molecule has 0 fully saturated rings. The summed E-state index contributed by atoms with van der Waals surface area (Å²) >= 11 is 0. The van der Waals surface area contributed by atoms with Crippen LogP contribution in [0.4, 0.5) is 0 Å². The van der Waals surface area contributed by atoms with Crippen molar-refractivity contribution in [1.29, 1.82) is 0 Å². The lowest BCUT2D eigenvalue weighted by Gasteiger charge is -1.96. The van der Waals surface area contributed by atoms with Crippen LogP contribution in [0.1, 0.15) is 10.5 Å². The van der Waals surface area contributed by atoms with E-state index in [1.54, 1.807) is 24.5 Å². The number of hydrogen-bond acceptors (Lipinski definition) is 4. The van der Waals surface area contributed by atoms with E-state index in [0.717, 1.165) is 5.69 Å². The molecule has 0 unspecified atom stereocenters. The van der Waals surface area contributed by atoms with Crippen LogP contribution in [-0.4, -0.2) is 25.9 Å². The van der Waals surface area contributed by atoms with Gasteiger partial charge in [0.05, 0.1) is 11.9 Å². The van der Waals surface area contributed by atoms with Gasteiger partial charge in [0.15, 0.2) is 5.69 Å². The zero-order chi connectivity index (χ0) is 9.97. The lowest BCUT2D eigenvalue weighted by molar-refractivity contribution is 0.0995. The fourth-order valence-electron chi connectivity index (χ4n) is 1.000. The van der Waals surface area contributed by atoms with E-state index in [9.17, 15) is 4.79 Å². The van der Waals surface area contributed by atoms with Gasteiger partial charge in [0, 0.05) is 12.4 Å². The highest BCUT2D eigenvalue weighted by Gasteiger charge is 2.06. The summed E-state index contributed by atoms with van der Waals surface area (Å²) in [6.45, 7) is 0. The number of aromatic nitrogens is 4. The molecule has 0 aliphatic heterocycles. The summed E-state index contributed by atoms with van der Waals surface area (Å²) < 4.78 is 1.46. The molecule has 6 heteroatoms. The maximum absolute atomic E-state index is 10.7. The highest BCUT2D eigenvalue weighted by molar-refractivity contribution is 5.90. The monoisotopic (exact) mass is 189 g/mol. The summed E-state index contributed by atoms with van der Waals surface area (Å²) in [5.41, 5.74) is 5.96. The molecule has 0 spiro atoms. The van der Waals surface area contributed by atoms with E-state index in [4.69, 9.17) is 5.73 Å². The van der Waals surface area contributed by atoms with Crippen LogP contribution in [0, 0.1) is 0 Å². The average Bonchev–Trinajstić information content (AvgIpc) is 2.68. The molecule has 0 aliphatic rings. The molecule has 2 aromatic heterocycles. The van der Waals surface area contributed by atoms with Crippen LogP contribution >= 0.6 is 0 Å². The Labute approximate surface area is 79.4 Å². The number of rotatable bonds is 2. The second-order valence-corrected chi connectivity index (χ2v) is 2.62. The predicted molar refractivity (Wildman–Crippen MR) is 47.7 cm³/mol. The van der Waals surface area contributed by atoms with E-state index in [2.05, 4.69) is 15.3 Å². The van der Waals surface area contributed by atoms with E-state index < -0.39 is 5.91 Å². The number of hydrogen-bond donors (Lipinski definition) is 1. The Bertz CT molecular complexity index is 450. The fourth-order valence-corrected chi connectivity index (χ4v) is 1.000. The highest BCUT2D eigenvalue weighted by atomic mass is 16.1. The van der Waals surface area contributed by atoms with Crippen molar-refractivity contribution in [3.63, 3.8) is 0 Å². The molecular formula is C8H7N5O. The molecule has 0 aromatic carbocycles. The Hall–Kier alpha value is -2.24. The Balaban J connectivity index is 2.39. The molecule has 0 radical (unpaired) electrons. The number of carbonyl (C=O) groups is 1. The number of carbonyl (C=O) groups excluding carboxylic acids is 1. The van der Waals surface area contributed by atoms with Crippen molar-refractivity contribution in [3.8, 4) is 5.69 Å². The minimum Gasteiger partial charge on any atom is -0.364 e. The van der Waals surface area contributed by atoms with Gasteiger partial charge in [-0.15, -0.1) is 5.10 Å².